The molecule has 2 N–H and O–H groups in total. The van der Waals surface area contributed by atoms with Crippen molar-refractivity contribution in [1.29, 1.82) is 0 Å². The molecular weight excluding hydrogens is 398 g/mol. The number of anilines is 1. The summed E-state index contributed by atoms with van der Waals surface area (Å²) in [5, 5.41) is 6.83. The second kappa shape index (κ2) is 9.81. The SMILES string of the molecule is COc1ccc(N(C)S(=O)(=O)C(C)C)cc1CNC1CCCN[C@H]1c1ccccc1. The number of sulfonamides is 1. The molecule has 0 saturated carbocycles. The molecule has 0 aliphatic carbocycles. The minimum absolute atomic E-state index is 0.248. The highest BCUT2D eigenvalue weighted by atomic mass is 32.2. The zero-order valence-corrected chi connectivity index (χ0v) is 19.1. The Morgan fingerprint density at radius 1 is 1.20 bits per heavy atom. The first-order chi connectivity index (χ1) is 14.3. The molecule has 1 fully saturated rings. The van der Waals surface area contributed by atoms with Gasteiger partial charge in [-0.2, -0.15) is 0 Å². The van der Waals surface area contributed by atoms with Crippen LogP contribution in [0.25, 0.3) is 0 Å². The molecule has 1 aliphatic rings. The van der Waals surface area contributed by atoms with Crippen LogP contribution in [-0.2, 0) is 16.6 Å². The predicted octanol–water partition coefficient (Wildman–Crippen LogP) is 3.45. The Hall–Kier alpha value is -2.09. The highest BCUT2D eigenvalue weighted by molar-refractivity contribution is 7.93. The van der Waals surface area contributed by atoms with Gasteiger partial charge in [0, 0.05) is 31.2 Å². The fraction of sp³-hybridized carbons (Fsp3) is 0.478. The van der Waals surface area contributed by atoms with Crippen LogP contribution in [0.3, 0.4) is 0 Å². The summed E-state index contributed by atoms with van der Waals surface area (Å²) in [5.74, 6) is 0.752. The third-order valence-corrected chi connectivity index (χ3v) is 7.94. The van der Waals surface area contributed by atoms with Gasteiger partial charge in [0.1, 0.15) is 5.75 Å². The number of nitrogens with zero attached hydrogens (tertiary/aromatic N) is 1. The van der Waals surface area contributed by atoms with Crippen LogP contribution in [0, 0.1) is 0 Å². The Morgan fingerprint density at radius 2 is 1.93 bits per heavy atom. The van der Waals surface area contributed by atoms with Crippen molar-refractivity contribution in [3.8, 4) is 5.75 Å². The summed E-state index contributed by atoms with van der Waals surface area (Å²) >= 11 is 0. The van der Waals surface area contributed by atoms with Gasteiger partial charge >= 0.3 is 0 Å². The zero-order chi connectivity index (χ0) is 21.7. The van der Waals surface area contributed by atoms with Gasteiger partial charge in [0.05, 0.1) is 18.0 Å². The van der Waals surface area contributed by atoms with Gasteiger partial charge in [-0.1, -0.05) is 30.3 Å². The monoisotopic (exact) mass is 431 g/mol. The average Bonchev–Trinajstić information content (AvgIpc) is 2.77. The summed E-state index contributed by atoms with van der Waals surface area (Å²) in [4.78, 5) is 0. The highest BCUT2D eigenvalue weighted by Gasteiger charge is 2.26. The van der Waals surface area contributed by atoms with Crippen LogP contribution in [0.1, 0.15) is 43.9 Å². The molecule has 1 saturated heterocycles. The van der Waals surface area contributed by atoms with E-state index in [0.29, 0.717) is 12.2 Å². The van der Waals surface area contributed by atoms with E-state index in [-0.39, 0.29) is 12.1 Å². The maximum atomic E-state index is 12.6. The molecule has 164 valence electrons. The van der Waals surface area contributed by atoms with E-state index >= 15 is 0 Å². The quantitative estimate of drug-likeness (QED) is 0.670. The minimum atomic E-state index is -3.38. The molecule has 2 aromatic carbocycles. The van der Waals surface area contributed by atoms with E-state index in [1.807, 2.05) is 18.2 Å². The summed E-state index contributed by atoms with van der Waals surface area (Å²) in [7, 11) is -0.141. The second-order valence-corrected chi connectivity index (χ2v) is 10.5. The molecule has 30 heavy (non-hydrogen) atoms. The van der Waals surface area contributed by atoms with Crippen molar-refractivity contribution in [1.82, 2.24) is 10.6 Å². The van der Waals surface area contributed by atoms with Gasteiger partial charge in [-0.15, -0.1) is 0 Å². The normalized spacial score (nSPS) is 19.6. The lowest BCUT2D eigenvalue weighted by Crippen LogP contribution is -2.45. The first-order valence-electron chi connectivity index (χ1n) is 10.5. The van der Waals surface area contributed by atoms with Crippen molar-refractivity contribution in [2.24, 2.45) is 0 Å². The fourth-order valence-electron chi connectivity index (χ4n) is 3.92. The molecule has 0 radical (unpaired) electrons. The smallest absolute Gasteiger partial charge is 0.237 e. The van der Waals surface area contributed by atoms with E-state index in [1.54, 1.807) is 34.1 Å². The molecule has 2 aromatic rings. The number of nitrogens with one attached hydrogen (secondary N) is 2. The average molecular weight is 432 g/mol. The van der Waals surface area contributed by atoms with Gasteiger partial charge in [0.15, 0.2) is 0 Å². The molecule has 1 heterocycles. The number of ether oxygens (including phenoxy) is 1. The number of hydrogen-bond acceptors (Lipinski definition) is 5. The molecule has 2 atom stereocenters. The van der Waals surface area contributed by atoms with E-state index in [4.69, 9.17) is 4.74 Å². The lowest BCUT2D eigenvalue weighted by molar-refractivity contribution is 0.303. The van der Waals surface area contributed by atoms with Crippen LogP contribution < -0.4 is 19.7 Å². The largest absolute Gasteiger partial charge is 0.496 e. The maximum Gasteiger partial charge on any atom is 0.237 e. The van der Waals surface area contributed by atoms with Crippen molar-refractivity contribution in [3.05, 3.63) is 59.7 Å². The summed E-state index contributed by atoms with van der Waals surface area (Å²) in [5.41, 5.74) is 2.86. The molecule has 1 unspecified atom stereocenters. The molecule has 3 rings (SSSR count). The predicted molar refractivity (Wildman–Crippen MR) is 123 cm³/mol. The van der Waals surface area contributed by atoms with Gasteiger partial charge in [-0.05, 0) is 57.0 Å². The topological polar surface area (TPSA) is 70.7 Å². The molecule has 6 nitrogen and oxygen atoms in total. The second-order valence-electron chi connectivity index (χ2n) is 8.03. The number of hydrogen-bond donors (Lipinski definition) is 2. The third kappa shape index (κ3) is 4.96. The number of piperidine rings is 1. The number of methoxy groups -OCH3 is 1. The van der Waals surface area contributed by atoms with E-state index in [2.05, 4.69) is 34.9 Å². The van der Waals surface area contributed by atoms with Gasteiger partial charge in [-0.25, -0.2) is 8.42 Å². The van der Waals surface area contributed by atoms with Crippen LogP contribution >= 0.6 is 0 Å². The van der Waals surface area contributed by atoms with Crippen LogP contribution in [0.4, 0.5) is 5.69 Å². The molecule has 0 spiro atoms. The van der Waals surface area contributed by atoms with Crippen molar-refractivity contribution < 1.29 is 13.2 Å². The molecule has 7 heteroatoms. The Balaban J connectivity index is 1.80. The van der Waals surface area contributed by atoms with Gasteiger partial charge < -0.3 is 15.4 Å². The van der Waals surface area contributed by atoms with E-state index in [1.165, 1.54) is 9.87 Å². The summed E-state index contributed by atoms with van der Waals surface area (Å²) < 4.78 is 32.0. The van der Waals surface area contributed by atoms with Crippen molar-refractivity contribution in [2.75, 3.05) is 25.0 Å². The Morgan fingerprint density at radius 3 is 2.60 bits per heavy atom. The molecular formula is C23H33N3O3S. The molecule has 1 aliphatic heterocycles. The fourth-order valence-corrected chi connectivity index (χ4v) is 4.96. The van der Waals surface area contributed by atoms with Crippen molar-refractivity contribution in [3.63, 3.8) is 0 Å². The van der Waals surface area contributed by atoms with E-state index in [0.717, 1.165) is 30.7 Å². The molecule has 0 amide bonds. The summed E-state index contributed by atoms with van der Waals surface area (Å²) in [6, 6.07) is 16.6. The molecule has 0 bridgehead atoms. The lowest BCUT2D eigenvalue weighted by Gasteiger charge is -2.34. The van der Waals surface area contributed by atoms with Crippen LogP contribution in [0.2, 0.25) is 0 Å². The first kappa shape index (κ1) is 22.6. The van der Waals surface area contributed by atoms with Crippen molar-refractivity contribution >= 4 is 15.7 Å². The summed E-state index contributed by atoms with van der Waals surface area (Å²) in [6.07, 6.45) is 2.20. The first-order valence-corrected chi connectivity index (χ1v) is 12.0. The van der Waals surface area contributed by atoms with E-state index in [9.17, 15) is 8.42 Å². The van der Waals surface area contributed by atoms with Gasteiger partial charge in [-0.3, -0.25) is 4.31 Å². The minimum Gasteiger partial charge on any atom is -0.496 e. The molecule has 0 aromatic heterocycles. The van der Waals surface area contributed by atoms with Crippen molar-refractivity contribution in [2.45, 2.75) is 50.6 Å². The van der Waals surface area contributed by atoms with Gasteiger partial charge in [0.2, 0.25) is 10.0 Å². The van der Waals surface area contributed by atoms with Crippen LogP contribution in [0.5, 0.6) is 5.75 Å². The standard InChI is InChI=1S/C23H33N3O3S/c1-17(2)30(27,28)26(3)20-12-13-22(29-4)19(15-20)16-25-21-11-8-14-24-23(21)18-9-6-5-7-10-18/h5-7,9-10,12-13,15,17,21,23-25H,8,11,14,16H2,1-4H3/t21?,23-/m0/s1. The Kier molecular flexibility index (Phi) is 7.39. The third-order valence-electron chi connectivity index (χ3n) is 5.78. The van der Waals surface area contributed by atoms with Crippen LogP contribution in [-0.4, -0.2) is 40.4 Å². The lowest BCUT2D eigenvalue weighted by atomic mass is 9.92. The van der Waals surface area contributed by atoms with Gasteiger partial charge in [0.25, 0.3) is 0 Å². The number of benzene rings is 2. The maximum absolute atomic E-state index is 12.6. The zero-order valence-electron chi connectivity index (χ0n) is 18.3. The summed E-state index contributed by atoms with van der Waals surface area (Å²) in [6.45, 7) is 4.99. The Bertz CT molecular complexity index is 932. The van der Waals surface area contributed by atoms with Crippen LogP contribution in [0.15, 0.2) is 48.5 Å². The number of rotatable bonds is 8. The van der Waals surface area contributed by atoms with E-state index < -0.39 is 15.3 Å². The highest BCUT2D eigenvalue weighted by Crippen LogP contribution is 2.28. The Labute approximate surface area is 180 Å².